The van der Waals surface area contributed by atoms with Gasteiger partial charge >= 0.3 is 0 Å². The second-order valence-electron chi connectivity index (χ2n) is 5.63. The summed E-state index contributed by atoms with van der Waals surface area (Å²) in [5.41, 5.74) is -0.659. The normalized spacial score (nSPS) is 10.9. The molecule has 0 spiro atoms. The van der Waals surface area contributed by atoms with E-state index in [0.717, 1.165) is 21.5 Å². The van der Waals surface area contributed by atoms with Crippen LogP contribution in [-0.2, 0) is 6.61 Å². The standard InChI is InChI=1S/C17H13ClF2N4O4/c1-9-22-16(28-7-10-2-3-11(19)4-12(10)20)15(18)17(27)24(9)13-5-23(8-21-13)14(26)6-25/h2-5,8,25H,6-7H2,1H3. The molecule has 2 heterocycles. The Balaban J connectivity index is 1.91. The molecule has 0 aliphatic carbocycles. The summed E-state index contributed by atoms with van der Waals surface area (Å²) in [5.74, 6) is -2.18. The maximum Gasteiger partial charge on any atom is 0.282 e. The topological polar surface area (TPSA) is 99.2 Å². The van der Waals surface area contributed by atoms with E-state index in [4.69, 9.17) is 21.4 Å². The fraction of sp³-hybridized carbons (Fsp3) is 0.176. The number of aliphatic hydroxyl groups excluding tert-OH is 1. The van der Waals surface area contributed by atoms with Crippen molar-refractivity contribution in [1.82, 2.24) is 19.1 Å². The molecule has 0 radical (unpaired) electrons. The van der Waals surface area contributed by atoms with Crippen molar-refractivity contribution in [3.63, 3.8) is 0 Å². The number of benzene rings is 1. The number of aryl methyl sites for hydroxylation is 1. The first-order valence-corrected chi connectivity index (χ1v) is 8.24. The first-order chi connectivity index (χ1) is 13.3. The largest absolute Gasteiger partial charge is 0.471 e. The van der Waals surface area contributed by atoms with Crippen molar-refractivity contribution in [3.05, 3.63) is 69.1 Å². The molecule has 3 rings (SSSR count). The molecule has 11 heteroatoms. The van der Waals surface area contributed by atoms with Crippen LogP contribution in [-0.4, -0.2) is 36.7 Å². The number of imidazole rings is 1. The van der Waals surface area contributed by atoms with Gasteiger partial charge in [0.1, 0.15) is 37.0 Å². The van der Waals surface area contributed by atoms with Gasteiger partial charge in [0.2, 0.25) is 5.88 Å². The van der Waals surface area contributed by atoms with E-state index in [0.29, 0.717) is 6.07 Å². The van der Waals surface area contributed by atoms with Gasteiger partial charge in [-0.3, -0.25) is 14.2 Å². The molecule has 146 valence electrons. The number of rotatable bonds is 5. The predicted octanol–water partition coefficient (Wildman–Crippen LogP) is 1.88. The summed E-state index contributed by atoms with van der Waals surface area (Å²) in [5, 5.41) is 8.50. The molecule has 8 nitrogen and oxygen atoms in total. The van der Waals surface area contributed by atoms with Gasteiger partial charge in [0.15, 0.2) is 10.8 Å². The Morgan fingerprint density at radius 3 is 2.79 bits per heavy atom. The average molecular weight is 411 g/mol. The second kappa shape index (κ2) is 7.87. The minimum absolute atomic E-state index is 0.0577. The van der Waals surface area contributed by atoms with E-state index in [1.165, 1.54) is 19.2 Å². The number of aromatic nitrogens is 4. The van der Waals surface area contributed by atoms with Gasteiger partial charge in [-0.2, -0.15) is 4.98 Å². The van der Waals surface area contributed by atoms with Gasteiger partial charge in [-0.05, 0) is 19.1 Å². The molecule has 1 N–H and O–H groups in total. The monoisotopic (exact) mass is 410 g/mol. The molecule has 0 fully saturated rings. The van der Waals surface area contributed by atoms with Gasteiger partial charge in [0.05, 0.1) is 6.20 Å². The summed E-state index contributed by atoms with van der Waals surface area (Å²) in [4.78, 5) is 32.1. The Morgan fingerprint density at radius 2 is 2.11 bits per heavy atom. The van der Waals surface area contributed by atoms with E-state index in [1.54, 1.807) is 0 Å². The fourth-order valence-corrected chi connectivity index (χ4v) is 2.56. The zero-order valence-corrected chi connectivity index (χ0v) is 15.2. The van der Waals surface area contributed by atoms with Crippen LogP contribution in [0.4, 0.5) is 8.78 Å². The smallest absolute Gasteiger partial charge is 0.282 e. The molecule has 0 unspecified atom stereocenters. The van der Waals surface area contributed by atoms with Crippen molar-refractivity contribution < 1.29 is 23.4 Å². The lowest BCUT2D eigenvalue weighted by atomic mass is 10.2. The van der Waals surface area contributed by atoms with E-state index in [9.17, 15) is 18.4 Å². The summed E-state index contributed by atoms with van der Waals surface area (Å²) < 4.78 is 34.0. The SMILES string of the molecule is Cc1nc(OCc2ccc(F)cc2F)c(Cl)c(=O)n1-c1cn(C(=O)CO)cn1. The van der Waals surface area contributed by atoms with Crippen LogP contribution >= 0.6 is 11.6 Å². The van der Waals surface area contributed by atoms with Crippen molar-refractivity contribution in [1.29, 1.82) is 0 Å². The van der Waals surface area contributed by atoms with Crippen molar-refractivity contribution in [3.8, 4) is 11.7 Å². The Labute approximate surface area is 161 Å². The molecule has 1 aromatic carbocycles. The highest BCUT2D eigenvalue weighted by molar-refractivity contribution is 6.31. The third-order valence-electron chi connectivity index (χ3n) is 3.77. The third-order valence-corrected chi connectivity index (χ3v) is 4.09. The van der Waals surface area contributed by atoms with E-state index in [1.807, 2.05) is 0 Å². The Bertz CT molecular complexity index is 1110. The first kappa shape index (κ1) is 19.6. The Morgan fingerprint density at radius 1 is 1.36 bits per heavy atom. The van der Waals surface area contributed by atoms with Crippen LogP contribution < -0.4 is 10.3 Å². The lowest BCUT2D eigenvalue weighted by Gasteiger charge is -2.12. The van der Waals surface area contributed by atoms with E-state index >= 15 is 0 Å². The summed E-state index contributed by atoms with van der Waals surface area (Å²) in [6.07, 6.45) is 2.37. The van der Waals surface area contributed by atoms with Crippen LogP contribution in [0.5, 0.6) is 5.88 Å². The van der Waals surface area contributed by atoms with Gasteiger partial charge in [0, 0.05) is 11.6 Å². The summed E-state index contributed by atoms with van der Waals surface area (Å²) >= 11 is 6.03. The lowest BCUT2D eigenvalue weighted by molar-refractivity contribution is 0.0818. The highest BCUT2D eigenvalue weighted by Crippen LogP contribution is 2.21. The molecule has 0 atom stereocenters. The van der Waals surface area contributed by atoms with Gasteiger partial charge in [-0.1, -0.05) is 11.6 Å². The number of hydrogen-bond donors (Lipinski definition) is 1. The van der Waals surface area contributed by atoms with E-state index in [-0.39, 0.29) is 34.7 Å². The van der Waals surface area contributed by atoms with E-state index < -0.39 is 29.7 Å². The molecular weight excluding hydrogens is 398 g/mol. The number of carbonyl (C=O) groups is 1. The van der Waals surface area contributed by atoms with Crippen molar-refractivity contribution in [2.24, 2.45) is 0 Å². The highest BCUT2D eigenvalue weighted by atomic mass is 35.5. The minimum Gasteiger partial charge on any atom is -0.471 e. The number of aliphatic hydroxyl groups is 1. The molecule has 0 bridgehead atoms. The van der Waals surface area contributed by atoms with Crippen LogP contribution in [0.2, 0.25) is 5.02 Å². The summed E-state index contributed by atoms with van der Waals surface area (Å²) in [6.45, 7) is 0.437. The fourth-order valence-electron chi connectivity index (χ4n) is 2.38. The number of hydrogen-bond acceptors (Lipinski definition) is 6. The molecular formula is C17H13ClF2N4O4. The van der Waals surface area contributed by atoms with Gasteiger partial charge in [-0.15, -0.1) is 0 Å². The number of carbonyl (C=O) groups excluding carboxylic acids is 1. The van der Waals surface area contributed by atoms with Crippen molar-refractivity contribution in [2.45, 2.75) is 13.5 Å². The zero-order valence-electron chi connectivity index (χ0n) is 14.4. The maximum atomic E-state index is 13.7. The van der Waals surface area contributed by atoms with Crippen LogP contribution in [0.15, 0.2) is 35.5 Å². The number of halogens is 3. The first-order valence-electron chi connectivity index (χ1n) is 7.86. The van der Waals surface area contributed by atoms with Gasteiger partial charge in [-0.25, -0.2) is 18.3 Å². The molecule has 0 aliphatic rings. The summed E-state index contributed by atoms with van der Waals surface area (Å²) in [6, 6.07) is 2.99. The quantitative estimate of drug-likeness (QED) is 0.689. The number of ether oxygens (including phenoxy) is 1. The molecule has 3 aromatic rings. The third kappa shape index (κ3) is 3.78. The molecule has 28 heavy (non-hydrogen) atoms. The van der Waals surface area contributed by atoms with Gasteiger partial charge < -0.3 is 9.84 Å². The molecule has 0 saturated heterocycles. The zero-order chi connectivity index (χ0) is 20.4. The van der Waals surface area contributed by atoms with E-state index in [2.05, 4.69) is 9.97 Å². The number of nitrogens with zero attached hydrogens (tertiary/aromatic N) is 4. The molecule has 0 saturated carbocycles. The summed E-state index contributed by atoms with van der Waals surface area (Å²) in [7, 11) is 0. The molecule has 0 amide bonds. The average Bonchev–Trinajstić information content (AvgIpc) is 3.13. The van der Waals surface area contributed by atoms with Crippen LogP contribution in [0.1, 0.15) is 16.2 Å². The van der Waals surface area contributed by atoms with Crippen molar-refractivity contribution >= 4 is 17.5 Å². The lowest BCUT2D eigenvalue weighted by Crippen LogP contribution is -2.24. The minimum atomic E-state index is -0.805. The Kier molecular flexibility index (Phi) is 5.52. The van der Waals surface area contributed by atoms with Crippen molar-refractivity contribution in [2.75, 3.05) is 6.61 Å². The molecule has 2 aromatic heterocycles. The highest BCUT2D eigenvalue weighted by Gasteiger charge is 2.18. The van der Waals surface area contributed by atoms with Crippen LogP contribution in [0.3, 0.4) is 0 Å². The van der Waals surface area contributed by atoms with Crippen LogP contribution in [0, 0.1) is 18.6 Å². The second-order valence-corrected chi connectivity index (χ2v) is 6.01. The molecule has 0 aliphatic heterocycles. The van der Waals surface area contributed by atoms with Gasteiger partial charge in [0.25, 0.3) is 11.5 Å². The Hall–Kier alpha value is -3.11. The van der Waals surface area contributed by atoms with Crippen LogP contribution in [0.25, 0.3) is 5.82 Å². The predicted molar refractivity (Wildman–Crippen MR) is 93.8 cm³/mol. The maximum absolute atomic E-state index is 13.7.